The summed E-state index contributed by atoms with van der Waals surface area (Å²) >= 11 is 0. The van der Waals surface area contributed by atoms with Gasteiger partial charge in [-0.25, -0.2) is 9.78 Å². The van der Waals surface area contributed by atoms with Crippen molar-refractivity contribution < 1.29 is 24.0 Å². The Hall–Kier alpha value is -3.70. The topological polar surface area (TPSA) is 146 Å². The van der Waals surface area contributed by atoms with Gasteiger partial charge in [0.1, 0.15) is 11.6 Å². The number of phenols is 1. The number of aliphatic hydroxyl groups excluding tert-OH is 1. The van der Waals surface area contributed by atoms with Gasteiger partial charge in [0.25, 0.3) is 0 Å². The minimum absolute atomic E-state index is 0.0955. The highest BCUT2D eigenvalue weighted by molar-refractivity contribution is 7.75. The molecule has 0 bridgehead atoms. The van der Waals surface area contributed by atoms with Gasteiger partial charge in [-0.1, -0.05) is 29.2 Å². The average Bonchev–Trinajstić information content (AvgIpc) is 2.79. The third-order valence-corrected chi connectivity index (χ3v) is 5.33. The Morgan fingerprint density at radius 2 is 2.00 bits per heavy atom. The summed E-state index contributed by atoms with van der Waals surface area (Å²) < 4.78 is 20.3. The van der Waals surface area contributed by atoms with Gasteiger partial charge in [-0.3, -0.25) is 4.36 Å². The van der Waals surface area contributed by atoms with E-state index < -0.39 is 16.7 Å². The Morgan fingerprint density at radius 1 is 1.24 bits per heavy atom. The number of carbonyl (C=O) groups excluding carboxylic acids is 1. The van der Waals surface area contributed by atoms with Crippen molar-refractivity contribution in [2.45, 2.75) is 24.8 Å². The molecule has 0 unspecified atom stereocenters. The van der Waals surface area contributed by atoms with E-state index in [1.54, 1.807) is 55.6 Å². The summed E-state index contributed by atoms with van der Waals surface area (Å²) in [4.78, 5) is 20.6. The highest BCUT2D eigenvalue weighted by Crippen LogP contribution is 2.30. The Labute approximate surface area is 192 Å². The van der Waals surface area contributed by atoms with E-state index in [-0.39, 0.29) is 31.0 Å². The monoisotopic (exact) mass is 470 g/mol. The molecule has 1 aromatic heterocycles. The molecule has 2 aromatic carbocycles. The molecule has 1 heterocycles. The van der Waals surface area contributed by atoms with Crippen molar-refractivity contribution >= 4 is 34.1 Å². The highest BCUT2D eigenvalue weighted by Gasteiger charge is 2.12. The SMILES string of the molecule is CCOC(=O)N=[S-](=O)c1ccc(Nc2ncc(-c3cccc(O)c3)c(N[C@H](C)CO)n2)cc1. The van der Waals surface area contributed by atoms with E-state index in [0.717, 1.165) is 0 Å². The van der Waals surface area contributed by atoms with Gasteiger partial charge in [0, 0.05) is 23.5 Å². The number of hydrogen-bond acceptors (Lipinski definition) is 10. The van der Waals surface area contributed by atoms with Gasteiger partial charge in [-0.2, -0.15) is 4.98 Å². The molecule has 1 amide bonds. The van der Waals surface area contributed by atoms with Crippen molar-refractivity contribution in [3.8, 4) is 16.9 Å². The summed E-state index contributed by atoms with van der Waals surface area (Å²) in [5, 5.41) is 25.4. The molecule has 11 heteroatoms. The van der Waals surface area contributed by atoms with E-state index in [0.29, 0.717) is 27.5 Å². The quantitative estimate of drug-likeness (QED) is 0.358. The van der Waals surface area contributed by atoms with Gasteiger partial charge in [0.15, 0.2) is 0 Å². The van der Waals surface area contributed by atoms with Crippen LogP contribution in [0.3, 0.4) is 0 Å². The van der Waals surface area contributed by atoms with Crippen molar-refractivity contribution in [2.75, 3.05) is 23.8 Å². The van der Waals surface area contributed by atoms with Crippen LogP contribution in [-0.4, -0.2) is 45.5 Å². The molecule has 174 valence electrons. The fourth-order valence-corrected chi connectivity index (χ4v) is 3.43. The fourth-order valence-electron chi connectivity index (χ4n) is 2.77. The molecule has 0 saturated carbocycles. The number of benzene rings is 2. The molecular formula is C22H24N5O5S-. The number of hydrogen-bond donors (Lipinski definition) is 4. The predicted molar refractivity (Wildman–Crippen MR) is 125 cm³/mol. The first-order valence-electron chi connectivity index (χ1n) is 10.1. The molecule has 0 aliphatic carbocycles. The van der Waals surface area contributed by atoms with Crippen LogP contribution in [0.1, 0.15) is 13.8 Å². The predicted octanol–water partition coefficient (Wildman–Crippen LogP) is 4.05. The van der Waals surface area contributed by atoms with Crippen LogP contribution in [0.5, 0.6) is 5.75 Å². The number of aliphatic hydroxyl groups is 1. The minimum atomic E-state index is -1.87. The van der Waals surface area contributed by atoms with E-state index in [4.69, 9.17) is 0 Å². The van der Waals surface area contributed by atoms with Gasteiger partial charge >= 0.3 is 6.09 Å². The lowest BCUT2D eigenvalue weighted by atomic mass is 10.1. The normalized spacial score (nSPS) is 12.7. The molecule has 0 fully saturated rings. The maximum Gasteiger partial charge on any atom is 0.410 e. The Morgan fingerprint density at radius 3 is 2.67 bits per heavy atom. The third-order valence-electron chi connectivity index (χ3n) is 4.34. The number of anilines is 3. The van der Waals surface area contributed by atoms with Crippen molar-refractivity contribution in [3.05, 3.63) is 54.7 Å². The van der Waals surface area contributed by atoms with Gasteiger partial charge in [-0.05, 0) is 43.7 Å². The maximum atomic E-state index is 12.1. The highest BCUT2D eigenvalue weighted by atomic mass is 32.2. The number of nitrogens with zero attached hydrogens (tertiary/aromatic N) is 3. The van der Waals surface area contributed by atoms with Crippen molar-refractivity contribution in [1.82, 2.24) is 9.97 Å². The van der Waals surface area contributed by atoms with Gasteiger partial charge < -0.3 is 29.8 Å². The lowest BCUT2D eigenvalue weighted by Crippen LogP contribution is -2.21. The second kappa shape index (κ2) is 11.2. The molecule has 3 rings (SSSR count). The van der Waals surface area contributed by atoms with Gasteiger partial charge in [-0.15, -0.1) is 10.6 Å². The van der Waals surface area contributed by atoms with Crippen LogP contribution in [0.15, 0.2) is 64.0 Å². The summed E-state index contributed by atoms with van der Waals surface area (Å²) in [5.41, 5.74) is 1.99. The molecular weight excluding hydrogens is 446 g/mol. The third kappa shape index (κ3) is 6.64. The van der Waals surface area contributed by atoms with E-state index >= 15 is 0 Å². The van der Waals surface area contributed by atoms with E-state index in [2.05, 4.69) is 29.7 Å². The van der Waals surface area contributed by atoms with Crippen LogP contribution in [0, 0.1) is 0 Å². The lowest BCUT2D eigenvalue weighted by Gasteiger charge is -2.17. The Bertz CT molecular complexity index is 1200. The molecule has 4 N–H and O–H groups in total. The summed E-state index contributed by atoms with van der Waals surface area (Å²) in [6, 6.07) is 12.9. The summed E-state index contributed by atoms with van der Waals surface area (Å²) in [6.45, 7) is 3.50. The summed E-state index contributed by atoms with van der Waals surface area (Å²) in [5.74, 6) is 0.880. The first kappa shape index (κ1) is 24.0. The van der Waals surface area contributed by atoms with Crippen LogP contribution in [-0.2, 0) is 19.5 Å². The zero-order valence-electron chi connectivity index (χ0n) is 18.1. The van der Waals surface area contributed by atoms with Crippen LogP contribution >= 0.6 is 0 Å². The number of rotatable bonds is 8. The first-order valence-corrected chi connectivity index (χ1v) is 11.2. The van der Waals surface area contributed by atoms with Gasteiger partial charge in [0.2, 0.25) is 5.95 Å². The fraction of sp³-hybridized carbons (Fsp3) is 0.227. The van der Waals surface area contributed by atoms with Gasteiger partial charge in [0.05, 0.1) is 13.2 Å². The van der Waals surface area contributed by atoms with E-state index in [1.165, 1.54) is 0 Å². The summed E-state index contributed by atoms with van der Waals surface area (Å²) in [6.07, 6.45) is 0.730. The van der Waals surface area contributed by atoms with Crippen molar-refractivity contribution in [2.24, 2.45) is 4.36 Å². The number of ether oxygens (including phenoxy) is 1. The number of nitrogens with one attached hydrogen (secondary N) is 2. The number of aromatic hydroxyl groups is 1. The molecule has 1 atom stereocenters. The molecule has 0 aliphatic heterocycles. The average molecular weight is 471 g/mol. The van der Waals surface area contributed by atoms with E-state index in [1.807, 2.05) is 13.0 Å². The summed E-state index contributed by atoms with van der Waals surface area (Å²) in [7, 11) is -1.87. The van der Waals surface area contributed by atoms with Crippen LogP contribution in [0.25, 0.3) is 11.1 Å². The second-order valence-electron chi connectivity index (χ2n) is 6.92. The molecule has 3 aromatic rings. The molecule has 0 radical (unpaired) electrons. The molecule has 0 aliphatic rings. The maximum absolute atomic E-state index is 12.1. The number of carbonyl (C=O) groups is 1. The molecule has 10 nitrogen and oxygen atoms in total. The van der Waals surface area contributed by atoms with Crippen molar-refractivity contribution in [1.29, 1.82) is 0 Å². The standard InChI is InChI=1S/C22H24N5O5S/c1-3-32-22(30)27-33(31)18-9-7-16(8-10-18)25-21-23-12-19(15-5-4-6-17(29)11-15)20(26-21)24-14(2)13-28/h4-12,14,28-29H,3,13H2,1-2H3,(H2,23,24,25,26)/q-1/t14-/m1/s1. The lowest BCUT2D eigenvalue weighted by molar-refractivity contribution is 0.164. The second-order valence-corrected chi connectivity index (χ2v) is 8.08. The van der Waals surface area contributed by atoms with Crippen LogP contribution < -0.4 is 10.6 Å². The molecule has 33 heavy (non-hydrogen) atoms. The molecule has 0 spiro atoms. The number of aromatic nitrogens is 2. The van der Waals surface area contributed by atoms with Crippen molar-refractivity contribution in [3.63, 3.8) is 0 Å². The van der Waals surface area contributed by atoms with Crippen LogP contribution in [0.2, 0.25) is 0 Å². The smallest absolute Gasteiger partial charge is 0.410 e. The largest absolute Gasteiger partial charge is 0.508 e. The van der Waals surface area contributed by atoms with Crippen LogP contribution in [0.4, 0.5) is 22.2 Å². The number of amides is 1. The Kier molecular flexibility index (Phi) is 8.17. The first-order chi connectivity index (χ1) is 15.9. The minimum Gasteiger partial charge on any atom is -0.508 e. The molecule has 0 saturated heterocycles. The zero-order chi connectivity index (χ0) is 23.8. The number of phenolic OH excluding ortho intramolecular Hbond substituents is 1. The van der Waals surface area contributed by atoms with E-state index in [9.17, 15) is 19.2 Å². The Balaban J connectivity index is 1.84. The zero-order valence-corrected chi connectivity index (χ0v) is 18.9.